The van der Waals surface area contributed by atoms with Gasteiger partial charge in [0.2, 0.25) is 5.82 Å². The van der Waals surface area contributed by atoms with Gasteiger partial charge in [0.05, 0.1) is 6.10 Å². The SMILES string of the molecule is O=C(N[C@@H](Cc1ccncc1)C1CC(O)C1)c1ncn[nH]1. The molecule has 21 heavy (non-hydrogen) atoms. The Kier molecular flexibility index (Phi) is 3.92. The predicted molar refractivity (Wildman–Crippen MR) is 74.3 cm³/mol. The third-order valence-electron chi connectivity index (χ3n) is 3.87. The third-order valence-corrected chi connectivity index (χ3v) is 3.87. The Morgan fingerprint density at radius 1 is 1.43 bits per heavy atom. The number of nitrogens with zero attached hydrogens (tertiary/aromatic N) is 3. The van der Waals surface area contributed by atoms with Crippen LogP contribution < -0.4 is 5.32 Å². The van der Waals surface area contributed by atoms with Crippen LogP contribution >= 0.6 is 0 Å². The largest absolute Gasteiger partial charge is 0.393 e. The first-order valence-electron chi connectivity index (χ1n) is 6.95. The van der Waals surface area contributed by atoms with E-state index >= 15 is 0 Å². The van der Waals surface area contributed by atoms with Crippen molar-refractivity contribution in [2.75, 3.05) is 0 Å². The van der Waals surface area contributed by atoms with Crippen LogP contribution in [0.15, 0.2) is 30.9 Å². The molecule has 1 atom stereocenters. The molecule has 1 aliphatic carbocycles. The molecular formula is C14H17N5O2. The number of aliphatic hydroxyl groups is 1. The number of carbonyl (C=O) groups is 1. The van der Waals surface area contributed by atoms with E-state index in [9.17, 15) is 9.90 Å². The van der Waals surface area contributed by atoms with Gasteiger partial charge in [0.25, 0.3) is 5.91 Å². The predicted octanol–water partition coefficient (Wildman–Crippen LogP) is 0.312. The van der Waals surface area contributed by atoms with Crippen molar-refractivity contribution in [3.63, 3.8) is 0 Å². The summed E-state index contributed by atoms with van der Waals surface area (Å²) in [5.74, 6) is 0.211. The van der Waals surface area contributed by atoms with Crippen LogP contribution in [0.3, 0.4) is 0 Å². The first kappa shape index (κ1) is 13.7. The number of aliphatic hydroxyl groups excluding tert-OH is 1. The standard InChI is InChI=1S/C14H17N5O2/c20-11-6-10(7-11)12(5-9-1-3-15-4-2-9)18-14(21)13-16-8-17-19-13/h1-4,8,10-12,20H,5-7H2,(H,18,21)(H,16,17,19)/t10?,11?,12-/m0/s1. The Hall–Kier alpha value is -2.28. The summed E-state index contributed by atoms with van der Waals surface area (Å²) in [6.07, 6.45) is 6.66. The molecule has 2 heterocycles. The number of rotatable bonds is 5. The van der Waals surface area contributed by atoms with E-state index in [1.165, 1.54) is 6.33 Å². The summed E-state index contributed by atoms with van der Waals surface area (Å²) in [6.45, 7) is 0. The minimum Gasteiger partial charge on any atom is -0.393 e. The van der Waals surface area contributed by atoms with Gasteiger partial charge in [-0.05, 0) is 42.9 Å². The molecule has 0 aromatic carbocycles. The molecule has 0 saturated heterocycles. The lowest BCUT2D eigenvalue weighted by molar-refractivity contribution is 0.0238. The summed E-state index contributed by atoms with van der Waals surface area (Å²) in [5.41, 5.74) is 1.11. The number of H-pyrrole nitrogens is 1. The highest BCUT2D eigenvalue weighted by atomic mass is 16.3. The van der Waals surface area contributed by atoms with Crippen LogP contribution in [-0.2, 0) is 6.42 Å². The van der Waals surface area contributed by atoms with Gasteiger partial charge in [-0.25, -0.2) is 4.98 Å². The van der Waals surface area contributed by atoms with E-state index in [1.54, 1.807) is 12.4 Å². The molecule has 1 aliphatic rings. The van der Waals surface area contributed by atoms with E-state index in [4.69, 9.17) is 0 Å². The van der Waals surface area contributed by atoms with Gasteiger partial charge in [-0.2, -0.15) is 5.10 Å². The van der Waals surface area contributed by atoms with Gasteiger partial charge in [0, 0.05) is 18.4 Å². The molecule has 1 saturated carbocycles. The molecule has 0 spiro atoms. The number of carbonyl (C=O) groups excluding carboxylic acids is 1. The average molecular weight is 287 g/mol. The van der Waals surface area contributed by atoms with Crippen molar-refractivity contribution in [2.45, 2.75) is 31.4 Å². The van der Waals surface area contributed by atoms with Gasteiger partial charge in [-0.3, -0.25) is 14.9 Å². The molecule has 3 rings (SSSR count). The number of aromatic nitrogens is 4. The number of aromatic amines is 1. The molecule has 1 fully saturated rings. The molecule has 0 bridgehead atoms. The van der Waals surface area contributed by atoms with Crippen LogP contribution in [0, 0.1) is 5.92 Å². The van der Waals surface area contributed by atoms with Crippen LogP contribution in [0.5, 0.6) is 0 Å². The average Bonchev–Trinajstić information content (AvgIpc) is 2.98. The van der Waals surface area contributed by atoms with E-state index in [0.29, 0.717) is 19.3 Å². The summed E-state index contributed by atoms with van der Waals surface area (Å²) in [7, 11) is 0. The highest BCUT2D eigenvalue weighted by Gasteiger charge is 2.35. The normalized spacial score (nSPS) is 22.3. The molecule has 0 radical (unpaired) electrons. The van der Waals surface area contributed by atoms with Crippen molar-refractivity contribution < 1.29 is 9.90 Å². The maximum Gasteiger partial charge on any atom is 0.288 e. The zero-order chi connectivity index (χ0) is 14.7. The fourth-order valence-corrected chi connectivity index (χ4v) is 2.62. The van der Waals surface area contributed by atoms with Crippen molar-refractivity contribution in [1.29, 1.82) is 0 Å². The number of pyridine rings is 1. The Balaban J connectivity index is 1.69. The molecule has 2 aromatic heterocycles. The maximum absolute atomic E-state index is 12.1. The van der Waals surface area contributed by atoms with E-state index < -0.39 is 0 Å². The summed E-state index contributed by atoms with van der Waals surface area (Å²) in [6, 6.07) is 3.83. The lowest BCUT2D eigenvalue weighted by Crippen LogP contribution is -2.48. The number of hydrogen-bond donors (Lipinski definition) is 3. The smallest absolute Gasteiger partial charge is 0.288 e. The topological polar surface area (TPSA) is 104 Å². The second-order valence-corrected chi connectivity index (χ2v) is 5.36. The summed E-state index contributed by atoms with van der Waals surface area (Å²) in [4.78, 5) is 20.0. The van der Waals surface area contributed by atoms with Crippen LogP contribution in [0.1, 0.15) is 29.0 Å². The van der Waals surface area contributed by atoms with Crippen LogP contribution in [0.2, 0.25) is 0 Å². The fourth-order valence-electron chi connectivity index (χ4n) is 2.62. The summed E-state index contributed by atoms with van der Waals surface area (Å²) >= 11 is 0. The molecular weight excluding hydrogens is 270 g/mol. The van der Waals surface area contributed by atoms with Crippen LogP contribution in [-0.4, -0.2) is 43.3 Å². The zero-order valence-corrected chi connectivity index (χ0v) is 11.4. The van der Waals surface area contributed by atoms with E-state index in [1.807, 2.05) is 12.1 Å². The van der Waals surface area contributed by atoms with Crippen molar-refractivity contribution in [2.24, 2.45) is 5.92 Å². The van der Waals surface area contributed by atoms with Gasteiger partial charge in [0.15, 0.2) is 0 Å². The zero-order valence-electron chi connectivity index (χ0n) is 11.4. The molecule has 2 aromatic rings. The summed E-state index contributed by atoms with van der Waals surface area (Å²) in [5, 5.41) is 18.7. The molecule has 7 nitrogen and oxygen atoms in total. The van der Waals surface area contributed by atoms with Crippen molar-refractivity contribution in [1.82, 2.24) is 25.5 Å². The lowest BCUT2D eigenvalue weighted by atomic mass is 9.75. The maximum atomic E-state index is 12.1. The van der Waals surface area contributed by atoms with Gasteiger partial charge in [-0.1, -0.05) is 0 Å². The highest BCUT2D eigenvalue weighted by Crippen LogP contribution is 2.31. The van der Waals surface area contributed by atoms with E-state index in [2.05, 4.69) is 25.5 Å². The Labute approximate surface area is 121 Å². The quantitative estimate of drug-likeness (QED) is 0.734. The molecule has 7 heteroatoms. The Morgan fingerprint density at radius 2 is 2.19 bits per heavy atom. The minimum atomic E-state index is -0.270. The Morgan fingerprint density at radius 3 is 2.81 bits per heavy atom. The molecule has 3 N–H and O–H groups in total. The van der Waals surface area contributed by atoms with Crippen molar-refractivity contribution >= 4 is 5.91 Å². The molecule has 110 valence electrons. The fraction of sp³-hybridized carbons (Fsp3) is 0.429. The second-order valence-electron chi connectivity index (χ2n) is 5.36. The van der Waals surface area contributed by atoms with E-state index in [0.717, 1.165) is 5.56 Å². The number of nitrogens with one attached hydrogen (secondary N) is 2. The van der Waals surface area contributed by atoms with Gasteiger partial charge >= 0.3 is 0 Å². The molecule has 0 unspecified atom stereocenters. The highest BCUT2D eigenvalue weighted by molar-refractivity contribution is 5.90. The molecule has 1 amide bonds. The molecule has 0 aliphatic heterocycles. The van der Waals surface area contributed by atoms with Crippen LogP contribution in [0.25, 0.3) is 0 Å². The Bertz CT molecular complexity index is 581. The van der Waals surface area contributed by atoms with E-state index in [-0.39, 0.29) is 29.8 Å². The first-order valence-corrected chi connectivity index (χ1v) is 6.95. The van der Waals surface area contributed by atoms with Gasteiger partial charge < -0.3 is 10.4 Å². The lowest BCUT2D eigenvalue weighted by Gasteiger charge is -2.38. The van der Waals surface area contributed by atoms with Crippen LogP contribution in [0.4, 0.5) is 0 Å². The van der Waals surface area contributed by atoms with Crippen molar-refractivity contribution in [3.8, 4) is 0 Å². The second kappa shape index (κ2) is 6.01. The first-order chi connectivity index (χ1) is 10.2. The monoisotopic (exact) mass is 287 g/mol. The number of hydrogen-bond acceptors (Lipinski definition) is 5. The minimum absolute atomic E-state index is 0.0339. The third kappa shape index (κ3) is 3.25. The van der Waals surface area contributed by atoms with Crippen molar-refractivity contribution in [3.05, 3.63) is 42.2 Å². The number of amides is 1. The van der Waals surface area contributed by atoms with Gasteiger partial charge in [-0.15, -0.1) is 0 Å². The van der Waals surface area contributed by atoms with Gasteiger partial charge in [0.1, 0.15) is 6.33 Å². The summed E-state index contributed by atoms with van der Waals surface area (Å²) < 4.78 is 0.